The Morgan fingerprint density at radius 1 is 1.31 bits per heavy atom. The van der Waals surface area contributed by atoms with Gasteiger partial charge in [-0.15, -0.1) is 0 Å². The molecule has 68 valence electrons. The minimum absolute atomic E-state index is 0.491. The summed E-state index contributed by atoms with van der Waals surface area (Å²) in [5, 5.41) is 0.787. The van der Waals surface area contributed by atoms with Crippen molar-refractivity contribution < 1.29 is 0 Å². The molecule has 0 fully saturated rings. The van der Waals surface area contributed by atoms with Crippen LogP contribution in [0.5, 0.6) is 0 Å². The summed E-state index contributed by atoms with van der Waals surface area (Å²) >= 11 is 5.81. The summed E-state index contributed by atoms with van der Waals surface area (Å²) in [6.07, 6.45) is 2.28. The van der Waals surface area contributed by atoms with Crippen LogP contribution in [-0.4, -0.2) is 11.8 Å². The summed E-state index contributed by atoms with van der Waals surface area (Å²) in [4.78, 5) is 4.56. The van der Waals surface area contributed by atoms with Crippen molar-refractivity contribution in [3.05, 3.63) is 34.9 Å². The lowest BCUT2D eigenvalue weighted by Crippen LogP contribution is -1.94. The fourth-order valence-electron chi connectivity index (χ4n) is 1.60. The van der Waals surface area contributed by atoms with Gasteiger partial charge in [0.15, 0.2) is 0 Å². The van der Waals surface area contributed by atoms with Gasteiger partial charge in [0.05, 0.1) is 0 Å². The lowest BCUT2D eigenvalue weighted by molar-refractivity contribution is 0.739. The maximum absolute atomic E-state index is 5.81. The smallest absolute Gasteiger partial charge is 0.0478 e. The van der Waals surface area contributed by atoms with Gasteiger partial charge in [-0.05, 0) is 37.5 Å². The lowest BCUT2D eigenvalue weighted by Gasteiger charge is -1.99. The number of aliphatic imine (C=N–C) groups is 1. The van der Waals surface area contributed by atoms with Crippen LogP contribution in [0.25, 0.3) is 0 Å². The van der Waals surface area contributed by atoms with E-state index in [1.54, 1.807) is 0 Å². The molecule has 0 amide bonds. The topological polar surface area (TPSA) is 12.4 Å². The predicted molar refractivity (Wildman–Crippen MR) is 56.7 cm³/mol. The molecule has 2 heteroatoms. The van der Waals surface area contributed by atoms with Crippen LogP contribution in [-0.2, 0) is 0 Å². The van der Waals surface area contributed by atoms with E-state index in [2.05, 4.69) is 11.9 Å². The predicted octanol–water partition coefficient (Wildman–Crippen LogP) is 3.31. The molecule has 13 heavy (non-hydrogen) atoms. The molecular weight excluding hydrogens is 182 g/mol. The molecule has 0 spiro atoms. The largest absolute Gasteiger partial charge is 0.286 e. The zero-order chi connectivity index (χ0) is 9.26. The number of nitrogens with zero attached hydrogens (tertiary/aromatic N) is 1. The van der Waals surface area contributed by atoms with Gasteiger partial charge >= 0.3 is 0 Å². The monoisotopic (exact) mass is 193 g/mol. The molecule has 0 aliphatic carbocycles. The van der Waals surface area contributed by atoms with Gasteiger partial charge in [-0.1, -0.05) is 23.7 Å². The van der Waals surface area contributed by atoms with Gasteiger partial charge in [0, 0.05) is 16.8 Å². The molecule has 2 rings (SSSR count). The van der Waals surface area contributed by atoms with Gasteiger partial charge in [-0.3, -0.25) is 4.99 Å². The van der Waals surface area contributed by atoms with Crippen molar-refractivity contribution in [2.75, 3.05) is 0 Å². The molecule has 1 aliphatic heterocycles. The van der Waals surface area contributed by atoms with E-state index < -0.39 is 0 Å². The van der Waals surface area contributed by atoms with Crippen molar-refractivity contribution in [2.24, 2.45) is 4.99 Å². The Hall–Kier alpha value is -0.820. The van der Waals surface area contributed by atoms with Crippen LogP contribution in [0.2, 0.25) is 5.02 Å². The summed E-state index contributed by atoms with van der Waals surface area (Å²) < 4.78 is 0. The molecule has 1 heterocycles. The fraction of sp³-hybridized carbons (Fsp3) is 0.364. The van der Waals surface area contributed by atoms with Crippen molar-refractivity contribution in [3.63, 3.8) is 0 Å². The van der Waals surface area contributed by atoms with Crippen molar-refractivity contribution in [2.45, 2.75) is 25.8 Å². The molecule has 0 saturated carbocycles. The van der Waals surface area contributed by atoms with Crippen molar-refractivity contribution in [1.29, 1.82) is 0 Å². The highest BCUT2D eigenvalue weighted by Crippen LogP contribution is 2.19. The Kier molecular flexibility index (Phi) is 2.36. The molecular formula is C11H12ClN. The Morgan fingerprint density at radius 2 is 2.00 bits per heavy atom. The summed E-state index contributed by atoms with van der Waals surface area (Å²) in [6, 6.07) is 8.41. The highest BCUT2D eigenvalue weighted by molar-refractivity contribution is 6.30. The second-order valence-electron chi connectivity index (χ2n) is 3.47. The first-order valence-corrected chi connectivity index (χ1v) is 4.96. The zero-order valence-corrected chi connectivity index (χ0v) is 8.38. The molecule has 0 unspecified atom stereocenters. The molecule has 1 aromatic rings. The second kappa shape index (κ2) is 3.51. The van der Waals surface area contributed by atoms with E-state index in [1.165, 1.54) is 17.7 Å². The molecule has 1 nitrogen and oxygen atoms in total. The second-order valence-corrected chi connectivity index (χ2v) is 3.91. The number of hydrogen-bond acceptors (Lipinski definition) is 1. The number of rotatable bonds is 1. The minimum Gasteiger partial charge on any atom is -0.286 e. The molecule has 1 aromatic carbocycles. The normalized spacial score (nSPS) is 21.7. The molecule has 1 atom stereocenters. The van der Waals surface area contributed by atoms with Crippen LogP contribution in [0.15, 0.2) is 29.3 Å². The fourth-order valence-corrected chi connectivity index (χ4v) is 1.73. The summed E-state index contributed by atoms with van der Waals surface area (Å²) in [5.74, 6) is 0. The maximum Gasteiger partial charge on any atom is 0.0478 e. The average molecular weight is 194 g/mol. The van der Waals surface area contributed by atoms with Gasteiger partial charge in [-0.25, -0.2) is 0 Å². The highest BCUT2D eigenvalue weighted by Gasteiger charge is 2.13. The van der Waals surface area contributed by atoms with E-state index in [1.807, 2.05) is 24.3 Å². The number of benzene rings is 1. The lowest BCUT2D eigenvalue weighted by atomic mass is 10.1. The van der Waals surface area contributed by atoms with E-state index in [0.717, 1.165) is 11.4 Å². The molecule has 0 N–H and O–H groups in total. The van der Waals surface area contributed by atoms with Crippen molar-refractivity contribution >= 4 is 17.3 Å². The Balaban J connectivity index is 2.26. The summed E-state index contributed by atoms with van der Waals surface area (Å²) in [6.45, 7) is 2.16. The Bertz CT molecular complexity index is 326. The standard InChI is InChI=1S/C11H12ClN/c1-8-2-7-11(13-8)9-3-5-10(12)6-4-9/h3-6,8H,2,7H2,1H3/t8-/m0/s1. The summed E-state index contributed by atoms with van der Waals surface area (Å²) in [7, 11) is 0. The third kappa shape index (κ3) is 1.92. The highest BCUT2D eigenvalue weighted by atomic mass is 35.5. The van der Waals surface area contributed by atoms with Crippen LogP contribution >= 0.6 is 11.6 Å². The van der Waals surface area contributed by atoms with Crippen LogP contribution in [0, 0.1) is 0 Å². The quantitative estimate of drug-likeness (QED) is 0.649. The summed E-state index contributed by atoms with van der Waals surface area (Å²) in [5.41, 5.74) is 2.44. The van der Waals surface area contributed by atoms with Gasteiger partial charge in [0.1, 0.15) is 0 Å². The third-order valence-electron chi connectivity index (χ3n) is 2.35. The number of halogens is 1. The Morgan fingerprint density at radius 3 is 2.54 bits per heavy atom. The average Bonchev–Trinajstić information content (AvgIpc) is 2.53. The molecule has 0 aromatic heterocycles. The van der Waals surface area contributed by atoms with E-state index in [9.17, 15) is 0 Å². The van der Waals surface area contributed by atoms with Gasteiger partial charge < -0.3 is 0 Å². The third-order valence-corrected chi connectivity index (χ3v) is 2.60. The van der Waals surface area contributed by atoms with Gasteiger partial charge in [0.25, 0.3) is 0 Å². The van der Waals surface area contributed by atoms with Crippen LogP contribution in [0.1, 0.15) is 25.3 Å². The molecule has 0 bridgehead atoms. The van der Waals surface area contributed by atoms with Crippen molar-refractivity contribution in [3.8, 4) is 0 Å². The maximum atomic E-state index is 5.81. The van der Waals surface area contributed by atoms with Gasteiger partial charge in [0.2, 0.25) is 0 Å². The minimum atomic E-state index is 0.491. The van der Waals surface area contributed by atoms with E-state index in [0.29, 0.717) is 6.04 Å². The first kappa shape index (κ1) is 8.76. The zero-order valence-electron chi connectivity index (χ0n) is 7.63. The van der Waals surface area contributed by atoms with Crippen LogP contribution in [0.4, 0.5) is 0 Å². The first-order valence-electron chi connectivity index (χ1n) is 4.58. The van der Waals surface area contributed by atoms with Crippen molar-refractivity contribution in [1.82, 2.24) is 0 Å². The Labute approximate surface area is 83.4 Å². The molecule has 0 radical (unpaired) electrons. The SMILES string of the molecule is C[C@H]1CCC(c2ccc(Cl)cc2)=N1. The first-order chi connectivity index (χ1) is 6.25. The van der Waals surface area contributed by atoms with Crippen LogP contribution in [0.3, 0.4) is 0 Å². The molecule has 0 saturated heterocycles. The van der Waals surface area contributed by atoms with E-state index in [-0.39, 0.29) is 0 Å². The van der Waals surface area contributed by atoms with Crippen LogP contribution < -0.4 is 0 Å². The van der Waals surface area contributed by atoms with Gasteiger partial charge in [-0.2, -0.15) is 0 Å². The van der Waals surface area contributed by atoms with E-state index >= 15 is 0 Å². The number of hydrogen-bond donors (Lipinski definition) is 0. The molecule has 1 aliphatic rings. The van der Waals surface area contributed by atoms with E-state index in [4.69, 9.17) is 11.6 Å².